The van der Waals surface area contributed by atoms with E-state index in [0.29, 0.717) is 6.54 Å². The van der Waals surface area contributed by atoms with Gasteiger partial charge >= 0.3 is 5.97 Å². The van der Waals surface area contributed by atoms with Crippen LogP contribution in [0, 0.1) is 11.8 Å². The molecule has 0 spiro atoms. The number of nitrogens with one attached hydrogen (secondary N) is 1. The van der Waals surface area contributed by atoms with Crippen molar-refractivity contribution in [2.75, 3.05) is 33.8 Å². The minimum Gasteiger partial charge on any atom is -0.469 e. The standard InChI is InChI=1S/C17H24ClN3O2.HI/c1-12-10-21(11-15(12)16(22)23-3)17(19-2)20-9-8-13-4-6-14(18)7-5-13;/h4-7,12,15H,8-11H2,1-3H3,(H,19,20);1H. The third kappa shape index (κ3) is 5.51. The maximum Gasteiger partial charge on any atom is 0.310 e. The molecule has 1 aliphatic rings. The van der Waals surface area contributed by atoms with Crippen molar-refractivity contribution in [2.24, 2.45) is 16.8 Å². The zero-order valence-corrected chi connectivity index (χ0v) is 17.4. The molecule has 1 saturated heterocycles. The summed E-state index contributed by atoms with van der Waals surface area (Å²) in [4.78, 5) is 18.2. The molecule has 134 valence electrons. The average Bonchev–Trinajstić information content (AvgIpc) is 2.94. The maximum absolute atomic E-state index is 11.8. The third-order valence-corrected chi connectivity index (χ3v) is 4.49. The number of rotatable bonds is 4. The Morgan fingerprint density at radius 2 is 2.04 bits per heavy atom. The van der Waals surface area contributed by atoms with E-state index in [1.165, 1.54) is 12.7 Å². The van der Waals surface area contributed by atoms with E-state index in [2.05, 4.69) is 22.1 Å². The van der Waals surface area contributed by atoms with Crippen LogP contribution < -0.4 is 5.32 Å². The molecule has 0 radical (unpaired) electrons. The molecule has 5 nitrogen and oxygen atoms in total. The first-order chi connectivity index (χ1) is 11.0. The van der Waals surface area contributed by atoms with E-state index < -0.39 is 0 Å². The minimum atomic E-state index is -0.142. The van der Waals surface area contributed by atoms with E-state index in [0.717, 1.165) is 30.5 Å². The Labute approximate surface area is 165 Å². The van der Waals surface area contributed by atoms with Crippen molar-refractivity contribution in [1.82, 2.24) is 10.2 Å². The van der Waals surface area contributed by atoms with E-state index in [1.807, 2.05) is 24.3 Å². The summed E-state index contributed by atoms with van der Waals surface area (Å²) < 4.78 is 4.88. The lowest BCUT2D eigenvalue weighted by Gasteiger charge is -2.21. The number of esters is 1. The molecule has 0 bridgehead atoms. The SMILES string of the molecule is CN=C(NCCc1ccc(Cl)cc1)N1CC(C)C(C(=O)OC)C1.I. The Morgan fingerprint density at radius 1 is 1.38 bits per heavy atom. The summed E-state index contributed by atoms with van der Waals surface area (Å²) in [5.74, 6) is 0.862. The van der Waals surface area contributed by atoms with Crippen LogP contribution in [0.5, 0.6) is 0 Å². The molecule has 24 heavy (non-hydrogen) atoms. The van der Waals surface area contributed by atoms with Crippen molar-refractivity contribution >= 4 is 47.5 Å². The predicted molar refractivity (Wildman–Crippen MR) is 108 cm³/mol. The fourth-order valence-electron chi connectivity index (χ4n) is 2.90. The van der Waals surface area contributed by atoms with Gasteiger partial charge in [0.15, 0.2) is 5.96 Å². The fraction of sp³-hybridized carbons (Fsp3) is 0.529. The minimum absolute atomic E-state index is 0. The second-order valence-electron chi connectivity index (χ2n) is 5.86. The number of carbonyl (C=O) groups is 1. The van der Waals surface area contributed by atoms with E-state index in [-0.39, 0.29) is 41.8 Å². The van der Waals surface area contributed by atoms with Gasteiger partial charge in [-0.25, -0.2) is 0 Å². The van der Waals surface area contributed by atoms with Crippen LogP contribution in [-0.4, -0.2) is 50.6 Å². The van der Waals surface area contributed by atoms with Crippen molar-refractivity contribution in [3.8, 4) is 0 Å². The number of likely N-dealkylation sites (tertiary alicyclic amines) is 1. The number of hydrogen-bond donors (Lipinski definition) is 1. The van der Waals surface area contributed by atoms with Crippen LogP contribution >= 0.6 is 35.6 Å². The molecule has 0 aliphatic carbocycles. The lowest BCUT2D eigenvalue weighted by atomic mass is 9.99. The molecule has 2 atom stereocenters. The van der Waals surface area contributed by atoms with Crippen LogP contribution in [0.3, 0.4) is 0 Å². The van der Waals surface area contributed by atoms with Crippen molar-refractivity contribution in [3.05, 3.63) is 34.9 Å². The van der Waals surface area contributed by atoms with E-state index in [9.17, 15) is 4.79 Å². The Bertz CT molecular complexity index is 565. The summed E-state index contributed by atoms with van der Waals surface area (Å²) in [6.45, 7) is 4.31. The Balaban J connectivity index is 0.00000288. The third-order valence-electron chi connectivity index (χ3n) is 4.24. The van der Waals surface area contributed by atoms with E-state index in [4.69, 9.17) is 16.3 Å². The second kappa shape index (κ2) is 10.1. The van der Waals surface area contributed by atoms with E-state index in [1.54, 1.807) is 7.05 Å². The van der Waals surface area contributed by atoms with Gasteiger partial charge in [0.2, 0.25) is 0 Å². The first-order valence-corrected chi connectivity index (χ1v) is 8.20. The molecule has 1 aromatic rings. The van der Waals surface area contributed by atoms with Crippen molar-refractivity contribution in [1.29, 1.82) is 0 Å². The van der Waals surface area contributed by atoms with Gasteiger partial charge in [-0.15, -0.1) is 24.0 Å². The Hall–Kier alpha value is -1.02. The zero-order valence-electron chi connectivity index (χ0n) is 14.3. The van der Waals surface area contributed by atoms with Crippen LogP contribution in [0.15, 0.2) is 29.3 Å². The van der Waals surface area contributed by atoms with Crippen molar-refractivity contribution < 1.29 is 9.53 Å². The molecule has 1 aromatic carbocycles. The number of aliphatic imine (C=N–C) groups is 1. The van der Waals surface area contributed by atoms with Gasteiger partial charge in [-0.05, 0) is 30.0 Å². The lowest BCUT2D eigenvalue weighted by molar-refractivity contribution is -0.145. The van der Waals surface area contributed by atoms with Crippen LogP contribution in [0.1, 0.15) is 12.5 Å². The molecule has 0 amide bonds. The molecule has 0 aromatic heterocycles. The molecular formula is C17H25ClIN3O2. The number of carbonyl (C=O) groups excluding carboxylic acids is 1. The highest BCUT2D eigenvalue weighted by molar-refractivity contribution is 14.0. The molecule has 2 unspecified atom stereocenters. The van der Waals surface area contributed by atoms with Crippen molar-refractivity contribution in [2.45, 2.75) is 13.3 Å². The van der Waals surface area contributed by atoms with Gasteiger partial charge in [-0.2, -0.15) is 0 Å². The number of nitrogens with zero attached hydrogens (tertiary/aromatic N) is 2. The Morgan fingerprint density at radius 3 is 2.62 bits per heavy atom. The largest absolute Gasteiger partial charge is 0.469 e. The summed E-state index contributed by atoms with van der Waals surface area (Å²) >= 11 is 5.89. The number of ether oxygens (including phenoxy) is 1. The van der Waals surface area contributed by atoms with Gasteiger partial charge in [-0.1, -0.05) is 30.7 Å². The van der Waals surface area contributed by atoms with E-state index >= 15 is 0 Å². The molecule has 1 aliphatic heterocycles. The molecule has 1 N–H and O–H groups in total. The average molecular weight is 466 g/mol. The highest BCUT2D eigenvalue weighted by Crippen LogP contribution is 2.24. The van der Waals surface area contributed by atoms with Gasteiger partial charge in [0.05, 0.1) is 13.0 Å². The molecule has 1 fully saturated rings. The van der Waals surface area contributed by atoms with Crippen molar-refractivity contribution in [3.63, 3.8) is 0 Å². The highest BCUT2D eigenvalue weighted by Gasteiger charge is 2.36. The topological polar surface area (TPSA) is 53.9 Å². The van der Waals surface area contributed by atoms with Crippen LogP contribution in [0.25, 0.3) is 0 Å². The number of halogens is 2. The van der Waals surface area contributed by atoms with Gasteiger partial charge in [0, 0.05) is 31.7 Å². The molecular weight excluding hydrogens is 441 g/mol. The number of hydrogen-bond acceptors (Lipinski definition) is 3. The lowest BCUT2D eigenvalue weighted by Crippen LogP contribution is -2.41. The molecule has 1 heterocycles. The van der Waals surface area contributed by atoms with Gasteiger partial charge < -0.3 is 15.0 Å². The predicted octanol–water partition coefficient (Wildman–Crippen LogP) is 2.82. The highest BCUT2D eigenvalue weighted by atomic mass is 127. The van der Waals surface area contributed by atoms with Crippen LogP contribution in [0.4, 0.5) is 0 Å². The summed E-state index contributed by atoms with van der Waals surface area (Å²) in [6.07, 6.45) is 0.889. The number of guanidine groups is 1. The summed E-state index contributed by atoms with van der Waals surface area (Å²) in [6, 6.07) is 7.85. The molecule has 0 saturated carbocycles. The quantitative estimate of drug-likeness (QED) is 0.322. The van der Waals surface area contributed by atoms with Gasteiger partial charge in [0.1, 0.15) is 0 Å². The summed E-state index contributed by atoms with van der Waals surface area (Å²) in [7, 11) is 3.21. The summed E-state index contributed by atoms with van der Waals surface area (Å²) in [5.41, 5.74) is 1.22. The van der Waals surface area contributed by atoms with Gasteiger partial charge in [-0.3, -0.25) is 9.79 Å². The maximum atomic E-state index is 11.8. The zero-order chi connectivity index (χ0) is 16.8. The summed E-state index contributed by atoms with van der Waals surface area (Å²) in [5, 5.41) is 4.11. The second-order valence-corrected chi connectivity index (χ2v) is 6.30. The number of benzene rings is 1. The van der Waals surface area contributed by atoms with Crippen LogP contribution in [-0.2, 0) is 16.0 Å². The van der Waals surface area contributed by atoms with Crippen LogP contribution in [0.2, 0.25) is 5.02 Å². The Kier molecular flexibility index (Phi) is 8.83. The molecule has 7 heteroatoms. The first-order valence-electron chi connectivity index (χ1n) is 7.83. The normalized spacial score (nSPS) is 20.5. The fourth-order valence-corrected chi connectivity index (χ4v) is 3.03. The first kappa shape index (κ1) is 21.0. The monoisotopic (exact) mass is 465 g/mol. The smallest absolute Gasteiger partial charge is 0.310 e. The van der Waals surface area contributed by atoms with Gasteiger partial charge in [0.25, 0.3) is 0 Å². The number of methoxy groups -OCH3 is 1. The molecule has 2 rings (SSSR count).